The Hall–Kier alpha value is -3.40. The quantitative estimate of drug-likeness (QED) is 0.234. The second kappa shape index (κ2) is 13.6. The lowest BCUT2D eigenvalue weighted by atomic mass is 10.1. The van der Waals surface area contributed by atoms with Gasteiger partial charge in [0.15, 0.2) is 0 Å². The Bertz CT molecular complexity index is 1590. The number of nitrogens with zero attached hydrogens (tertiary/aromatic N) is 2. The minimum atomic E-state index is -0.531. The first-order valence-electron chi connectivity index (χ1n) is 12.6. The SMILES string of the molecule is O=C(CCCCCn1c(=O)c2sccc2n(CC(=O)NCc2ccccc2Cl)c1=O)NCc1ccccc1Cl. The van der Waals surface area contributed by atoms with Gasteiger partial charge in [0.2, 0.25) is 11.8 Å². The van der Waals surface area contributed by atoms with Gasteiger partial charge >= 0.3 is 5.69 Å². The zero-order valence-electron chi connectivity index (χ0n) is 21.1. The Kier molecular flexibility index (Phi) is 9.97. The molecule has 2 N–H and O–H groups in total. The number of amides is 2. The lowest BCUT2D eigenvalue weighted by molar-refractivity contribution is -0.122. The molecule has 0 saturated carbocycles. The van der Waals surface area contributed by atoms with E-state index in [-0.39, 0.29) is 37.0 Å². The van der Waals surface area contributed by atoms with Gasteiger partial charge in [-0.3, -0.25) is 23.5 Å². The van der Waals surface area contributed by atoms with Crippen LogP contribution in [0.25, 0.3) is 10.2 Å². The minimum absolute atomic E-state index is 0.0859. The Morgan fingerprint density at radius 2 is 1.38 bits per heavy atom. The number of aromatic nitrogens is 2. The maximum Gasteiger partial charge on any atom is 0.332 e. The number of unbranched alkanes of at least 4 members (excludes halogenated alkanes) is 2. The summed E-state index contributed by atoms with van der Waals surface area (Å²) in [5.41, 5.74) is 1.16. The smallest absolute Gasteiger partial charge is 0.332 e. The van der Waals surface area contributed by atoms with Gasteiger partial charge in [-0.15, -0.1) is 11.3 Å². The van der Waals surface area contributed by atoms with Gasteiger partial charge < -0.3 is 10.6 Å². The maximum absolute atomic E-state index is 13.2. The van der Waals surface area contributed by atoms with Crippen molar-refractivity contribution in [1.82, 2.24) is 19.8 Å². The zero-order valence-corrected chi connectivity index (χ0v) is 23.5. The molecule has 11 heteroatoms. The summed E-state index contributed by atoms with van der Waals surface area (Å²) in [6, 6.07) is 16.2. The highest BCUT2D eigenvalue weighted by atomic mass is 35.5. The first kappa shape index (κ1) is 28.6. The summed E-state index contributed by atoms with van der Waals surface area (Å²) in [7, 11) is 0. The van der Waals surface area contributed by atoms with Gasteiger partial charge in [-0.1, -0.05) is 66.0 Å². The van der Waals surface area contributed by atoms with E-state index in [0.29, 0.717) is 52.5 Å². The van der Waals surface area contributed by atoms with Crippen molar-refractivity contribution in [1.29, 1.82) is 0 Å². The topological polar surface area (TPSA) is 102 Å². The fraction of sp³-hybridized carbons (Fsp3) is 0.286. The Labute approximate surface area is 239 Å². The highest BCUT2D eigenvalue weighted by molar-refractivity contribution is 7.17. The van der Waals surface area contributed by atoms with Crippen LogP contribution in [0.2, 0.25) is 10.0 Å². The van der Waals surface area contributed by atoms with Gasteiger partial charge in [-0.2, -0.15) is 0 Å². The van der Waals surface area contributed by atoms with Crippen LogP contribution in [0.3, 0.4) is 0 Å². The van der Waals surface area contributed by atoms with Gasteiger partial charge in [-0.05, 0) is 47.5 Å². The molecule has 4 rings (SSSR count). The summed E-state index contributed by atoms with van der Waals surface area (Å²) in [6.45, 7) is 0.572. The molecule has 0 spiro atoms. The number of carbonyl (C=O) groups is 2. The molecule has 2 heterocycles. The molecule has 8 nitrogen and oxygen atoms in total. The van der Waals surface area contributed by atoms with Crippen LogP contribution < -0.4 is 21.9 Å². The predicted molar refractivity (Wildman–Crippen MR) is 155 cm³/mol. The molecule has 0 aliphatic rings. The number of hydrogen-bond acceptors (Lipinski definition) is 5. The van der Waals surface area contributed by atoms with Crippen LogP contribution in [0, 0.1) is 0 Å². The monoisotopic (exact) mass is 586 g/mol. The number of nitrogens with one attached hydrogen (secondary N) is 2. The van der Waals surface area contributed by atoms with Crippen molar-refractivity contribution < 1.29 is 9.59 Å². The number of thiophene rings is 1. The lowest BCUT2D eigenvalue weighted by Gasteiger charge is -2.13. The maximum atomic E-state index is 13.2. The van der Waals surface area contributed by atoms with E-state index in [1.54, 1.807) is 29.6 Å². The van der Waals surface area contributed by atoms with E-state index in [0.717, 1.165) is 11.1 Å². The molecule has 0 atom stereocenters. The molecule has 2 amide bonds. The first-order valence-corrected chi connectivity index (χ1v) is 14.2. The molecule has 0 aliphatic heterocycles. The first-order chi connectivity index (χ1) is 18.8. The molecule has 2 aromatic carbocycles. The third-order valence-corrected chi connectivity index (χ3v) is 7.92. The number of halogens is 2. The largest absolute Gasteiger partial charge is 0.352 e. The number of carbonyl (C=O) groups excluding carboxylic acids is 2. The molecule has 0 fully saturated rings. The summed E-state index contributed by atoms with van der Waals surface area (Å²) < 4.78 is 2.93. The number of hydrogen-bond donors (Lipinski definition) is 2. The summed E-state index contributed by atoms with van der Waals surface area (Å²) in [4.78, 5) is 51.1. The summed E-state index contributed by atoms with van der Waals surface area (Å²) >= 11 is 13.5. The van der Waals surface area contributed by atoms with Crippen molar-refractivity contribution in [3.8, 4) is 0 Å². The van der Waals surface area contributed by atoms with Crippen LogP contribution in [0.1, 0.15) is 36.8 Å². The molecular formula is C28H28Cl2N4O4S. The second-order valence-electron chi connectivity index (χ2n) is 9.01. The normalized spacial score (nSPS) is 11.0. The van der Waals surface area contributed by atoms with Crippen LogP contribution >= 0.6 is 34.5 Å². The van der Waals surface area contributed by atoms with Crippen LogP contribution in [0.5, 0.6) is 0 Å². The van der Waals surface area contributed by atoms with Crippen molar-refractivity contribution in [2.45, 2.75) is 51.9 Å². The van der Waals surface area contributed by atoms with Crippen LogP contribution in [-0.4, -0.2) is 20.9 Å². The van der Waals surface area contributed by atoms with Crippen molar-refractivity contribution in [3.05, 3.63) is 102 Å². The highest BCUT2D eigenvalue weighted by Gasteiger charge is 2.16. The molecule has 204 valence electrons. The van der Waals surface area contributed by atoms with Crippen LogP contribution in [0.15, 0.2) is 69.6 Å². The Morgan fingerprint density at radius 1 is 0.769 bits per heavy atom. The lowest BCUT2D eigenvalue weighted by Crippen LogP contribution is -2.42. The summed E-state index contributed by atoms with van der Waals surface area (Å²) in [5, 5.41) is 8.53. The van der Waals surface area contributed by atoms with Gasteiger partial charge in [0, 0.05) is 36.1 Å². The molecule has 0 radical (unpaired) electrons. The Morgan fingerprint density at radius 3 is 2.03 bits per heavy atom. The Balaban J connectivity index is 1.33. The van der Waals surface area contributed by atoms with Crippen molar-refractivity contribution in [2.75, 3.05) is 0 Å². The van der Waals surface area contributed by atoms with Gasteiger partial charge in [-0.25, -0.2) is 4.79 Å². The molecule has 39 heavy (non-hydrogen) atoms. The van der Waals surface area contributed by atoms with Gasteiger partial charge in [0.05, 0.1) is 5.52 Å². The van der Waals surface area contributed by atoms with E-state index in [1.807, 2.05) is 30.3 Å². The summed E-state index contributed by atoms with van der Waals surface area (Å²) in [5.74, 6) is -0.449. The molecule has 0 bridgehead atoms. The van der Waals surface area contributed by atoms with Crippen LogP contribution in [-0.2, 0) is 35.8 Å². The number of benzene rings is 2. The number of rotatable bonds is 12. The fourth-order valence-corrected chi connectivity index (χ4v) is 5.42. The molecule has 2 aromatic heterocycles. The minimum Gasteiger partial charge on any atom is -0.352 e. The van der Waals surface area contributed by atoms with E-state index in [4.69, 9.17) is 23.2 Å². The van der Waals surface area contributed by atoms with Crippen molar-refractivity contribution in [3.63, 3.8) is 0 Å². The zero-order chi connectivity index (χ0) is 27.8. The standard InChI is InChI=1S/C28H28Cl2N4O4S/c29-21-10-5-3-8-19(21)16-31-24(35)12-2-1-7-14-33-27(37)26-23(13-15-39-26)34(28(33)38)18-25(36)32-17-20-9-4-6-11-22(20)30/h3-6,8-11,13,15H,1-2,7,12,14,16-18H2,(H,31,35)(H,32,36). The predicted octanol–water partition coefficient (Wildman–Crippen LogP) is 4.72. The third-order valence-electron chi connectivity index (χ3n) is 6.29. The molecule has 0 unspecified atom stereocenters. The molecular weight excluding hydrogens is 559 g/mol. The van der Waals surface area contributed by atoms with Crippen molar-refractivity contribution >= 4 is 56.6 Å². The van der Waals surface area contributed by atoms with E-state index >= 15 is 0 Å². The van der Waals surface area contributed by atoms with Crippen molar-refractivity contribution in [2.24, 2.45) is 0 Å². The van der Waals surface area contributed by atoms with E-state index in [9.17, 15) is 19.2 Å². The third kappa shape index (κ3) is 7.38. The molecule has 0 saturated heterocycles. The van der Waals surface area contributed by atoms with Gasteiger partial charge in [0.25, 0.3) is 5.56 Å². The van der Waals surface area contributed by atoms with E-state index in [2.05, 4.69) is 10.6 Å². The molecule has 0 aliphatic carbocycles. The van der Waals surface area contributed by atoms with E-state index < -0.39 is 5.69 Å². The van der Waals surface area contributed by atoms with Crippen LogP contribution in [0.4, 0.5) is 0 Å². The average Bonchev–Trinajstić information content (AvgIpc) is 3.42. The second-order valence-corrected chi connectivity index (χ2v) is 10.7. The van der Waals surface area contributed by atoms with E-state index in [1.165, 1.54) is 20.5 Å². The average molecular weight is 588 g/mol. The highest BCUT2D eigenvalue weighted by Crippen LogP contribution is 2.17. The summed E-state index contributed by atoms with van der Waals surface area (Å²) in [6.07, 6.45) is 2.15. The fourth-order valence-electron chi connectivity index (χ4n) is 4.17. The van der Waals surface area contributed by atoms with Gasteiger partial charge in [0.1, 0.15) is 11.2 Å². The molecule has 4 aromatic rings. The number of fused-ring (bicyclic) bond motifs is 1.